The Hall–Kier alpha value is -3.39. The molecular weight excluding hydrogens is 382 g/mol. The third kappa shape index (κ3) is 3.99. The van der Waals surface area contributed by atoms with Crippen LogP contribution in [0.3, 0.4) is 0 Å². The van der Waals surface area contributed by atoms with Gasteiger partial charge in [-0.2, -0.15) is 0 Å². The van der Waals surface area contributed by atoms with Gasteiger partial charge in [-0.3, -0.25) is 19.3 Å². The van der Waals surface area contributed by atoms with Gasteiger partial charge in [-0.05, 0) is 49.2 Å². The standard InChI is InChI=1S/C22H25N5O3/c1-26-13-20(28)24-17-11-14(8-9-18(17)26)22(30)25-16-6-3-2-5-15(16)12-27-10-4-7-19(27)21(23)29/h2-3,5-6,8-9,11,19H,4,7,10,12-13H2,1H3,(H2,23,29)(H,24,28)(H,25,30). The molecule has 4 rings (SSSR count). The number of likely N-dealkylation sites (N-methyl/N-ethyl adjacent to an activating group) is 1. The Kier molecular flexibility index (Phi) is 5.41. The molecule has 0 spiro atoms. The fourth-order valence-electron chi connectivity index (χ4n) is 4.13. The summed E-state index contributed by atoms with van der Waals surface area (Å²) in [4.78, 5) is 40.3. The highest BCUT2D eigenvalue weighted by Gasteiger charge is 2.29. The van der Waals surface area contributed by atoms with Crippen LogP contribution in [0.1, 0.15) is 28.8 Å². The number of hydrogen-bond donors (Lipinski definition) is 3. The predicted octanol–water partition coefficient (Wildman–Crippen LogP) is 1.78. The fraction of sp³-hybridized carbons (Fsp3) is 0.318. The van der Waals surface area contributed by atoms with E-state index >= 15 is 0 Å². The minimum atomic E-state index is -0.310. The molecule has 0 saturated carbocycles. The molecule has 2 aliphatic rings. The van der Waals surface area contributed by atoms with Crippen LogP contribution in [0.2, 0.25) is 0 Å². The molecule has 2 heterocycles. The van der Waals surface area contributed by atoms with Crippen molar-refractivity contribution in [3.8, 4) is 0 Å². The van der Waals surface area contributed by atoms with Gasteiger partial charge >= 0.3 is 0 Å². The number of fused-ring (bicyclic) bond motifs is 1. The zero-order chi connectivity index (χ0) is 21.3. The summed E-state index contributed by atoms with van der Waals surface area (Å²) in [6, 6.07) is 12.5. The van der Waals surface area contributed by atoms with E-state index < -0.39 is 0 Å². The molecular formula is C22H25N5O3. The van der Waals surface area contributed by atoms with E-state index in [1.807, 2.05) is 42.3 Å². The number of primary amides is 1. The maximum atomic E-state index is 12.9. The molecule has 1 fully saturated rings. The Morgan fingerprint density at radius 1 is 1.23 bits per heavy atom. The fourth-order valence-corrected chi connectivity index (χ4v) is 4.13. The first-order valence-corrected chi connectivity index (χ1v) is 10.00. The van der Waals surface area contributed by atoms with Crippen LogP contribution in [0, 0.1) is 0 Å². The van der Waals surface area contributed by atoms with Crippen molar-refractivity contribution in [1.82, 2.24) is 4.90 Å². The summed E-state index contributed by atoms with van der Waals surface area (Å²) < 4.78 is 0. The number of amides is 3. The van der Waals surface area contributed by atoms with Crippen LogP contribution >= 0.6 is 0 Å². The Bertz CT molecular complexity index is 1010. The van der Waals surface area contributed by atoms with Crippen molar-refractivity contribution in [2.75, 3.05) is 35.7 Å². The molecule has 2 aromatic carbocycles. The quantitative estimate of drug-likeness (QED) is 0.700. The van der Waals surface area contributed by atoms with E-state index in [2.05, 4.69) is 15.5 Å². The topological polar surface area (TPSA) is 108 Å². The van der Waals surface area contributed by atoms with Gasteiger partial charge in [0.25, 0.3) is 5.91 Å². The molecule has 4 N–H and O–H groups in total. The zero-order valence-electron chi connectivity index (χ0n) is 16.9. The lowest BCUT2D eigenvalue weighted by molar-refractivity contribution is -0.122. The summed E-state index contributed by atoms with van der Waals surface area (Å²) in [6.07, 6.45) is 1.69. The Labute approximate surface area is 175 Å². The number of anilines is 3. The number of carbonyl (C=O) groups excluding carboxylic acids is 3. The number of benzene rings is 2. The number of likely N-dealkylation sites (tertiary alicyclic amines) is 1. The maximum absolute atomic E-state index is 12.9. The molecule has 1 saturated heterocycles. The van der Waals surface area contributed by atoms with Crippen LogP contribution in [0.5, 0.6) is 0 Å². The van der Waals surface area contributed by atoms with Crippen molar-refractivity contribution >= 4 is 34.8 Å². The summed E-state index contributed by atoms with van der Waals surface area (Å²) in [5, 5.41) is 5.78. The zero-order valence-corrected chi connectivity index (χ0v) is 16.9. The number of nitrogens with zero attached hydrogens (tertiary/aromatic N) is 2. The highest BCUT2D eigenvalue weighted by atomic mass is 16.2. The molecule has 2 aromatic rings. The van der Waals surface area contributed by atoms with Gasteiger partial charge in [-0.15, -0.1) is 0 Å². The molecule has 1 unspecified atom stereocenters. The highest BCUT2D eigenvalue weighted by Crippen LogP contribution is 2.30. The normalized spacial score (nSPS) is 18.6. The van der Waals surface area contributed by atoms with Crippen LogP contribution in [0.15, 0.2) is 42.5 Å². The molecule has 156 valence electrons. The number of nitrogens with one attached hydrogen (secondary N) is 2. The number of carbonyl (C=O) groups is 3. The van der Waals surface area contributed by atoms with Crippen LogP contribution in [0.25, 0.3) is 0 Å². The molecule has 0 aromatic heterocycles. The second-order valence-corrected chi connectivity index (χ2v) is 7.78. The Morgan fingerprint density at radius 3 is 2.83 bits per heavy atom. The van der Waals surface area contributed by atoms with Crippen molar-refractivity contribution in [1.29, 1.82) is 0 Å². The molecule has 0 aliphatic carbocycles. The predicted molar refractivity (Wildman–Crippen MR) is 115 cm³/mol. The van der Waals surface area contributed by atoms with Crippen LogP contribution in [-0.2, 0) is 16.1 Å². The molecule has 0 bridgehead atoms. The minimum absolute atomic E-state index is 0.109. The Balaban J connectivity index is 1.52. The summed E-state index contributed by atoms with van der Waals surface area (Å²) in [6.45, 7) is 1.62. The van der Waals surface area contributed by atoms with E-state index in [0.717, 1.165) is 30.6 Å². The van der Waals surface area contributed by atoms with Gasteiger partial charge in [0.15, 0.2) is 0 Å². The van der Waals surface area contributed by atoms with Gasteiger partial charge < -0.3 is 21.3 Å². The maximum Gasteiger partial charge on any atom is 0.255 e. The van der Waals surface area contributed by atoms with E-state index in [1.54, 1.807) is 12.1 Å². The number of rotatable bonds is 5. The minimum Gasteiger partial charge on any atom is -0.368 e. The summed E-state index contributed by atoms with van der Waals surface area (Å²) in [5.74, 6) is -0.682. The molecule has 0 radical (unpaired) electrons. The Morgan fingerprint density at radius 2 is 2.03 bits per heavy atom. The lowest BCUT2D eigenvalue weighted by atomic mass is 10.1. The van der Waals surface area contributed by atoms with Gasteiger partial charge in [0.1, 0.15) is 0 Å². The molecule has 8 nitrogen and oxygen atoms in total. The summed E-state index contributed by atoms with van der Waals surface area (Å²) in [5.41, 5.74) is 9.09. The van der Waals surface area contributed by atoms with Gasteiger partial charge in [-0.25, -0.2) is 0 Å². The number of nitrogens with two attached hydrogens (primary N) is 1. The monoisotopic (exact) mass is 407 g/mol. The van der Waals surface area contributed by atoms with Crippen LogP contribution in [-0.4, -0.2) is 48.8 Å². The van der Waals surface area contributed by atoms with Crippen LogP contribution in [0.4, 0.5) is 17.1 Å². The first kappa shape index (κ1) is 19.9. The second-order valence-electron chi connectivity index (χ2n) is 7.78. The largest absolute Gasteiger partial charge is 0.368 e. The van der Waals surface area contributed by atoms with Crippen molar-refractivity contribution in [2.45, 2.75) is 25.4 Å². The molecule has 3 amide bonds. The van der Waals surface area contributed by atoms with Crippen molar-refractivity contribution in [3.05, 3.63) is 53.6 Å². The van der Waals surface area contributed by atoms with Gasteiger partial charge in [-0.1, -0.05) is 18.2 Å². The van der Waals surface area contributed by atoms with Crippen molar-refractivity contribution in [2.24, 2.45) is 5.73 Å². The summed E-state index contributed by atoms with van der Waals surface area (Å²) in [7, 11) is 1.84. The van der Waals surface area contributed by atoms with E-state index in [0.29, 0.717) is 23.5 Å². The SMILES string of the molecule is CN1CC(=O)Nc2cc(C(=O)Nc3ccccc3CN3CCCC3C(N)=O)ccc21. The lowest BCUT2D eigenvalue weighted by Crippen LogP contribution is -2.39. The average Bonchev–Trinajstić information content (AvgIpc) is 3.17. The van der Waals surface area contributed by atoms with E-state index in [4.69, 9.17) is 5.73 Å². The molecule has 8 heteroatoms. The van der Waals surface area contributed by atoms with Gasteiger partial charge in [0.2, 0.25) is 11.8 Å². The third-order valence-corrected chi connectivity index (χ3v) is 5.66. The number of para-hydroxylation sites is 1. The smallest absolute Gasteiger partial charge is 0.255 e. The first-order valence-electron chi connectivity index (χ1n) is 10.00. The average molecular weight is 407 g/mol. The third-order valence-electron chi connectivity index (χ3n) is 5.66. The number of hydrogen-bond acceptors (Lipinski definition) is 5. The highest BCUT2D eigenvalue weighted by molar-refractivity contribution is 6.08. The molecule has 2 aliphatic heterocycles. The van der Waals surface area contributed by atoms with Crippen molar-refractivity contribution in [3.63, 3.8) is 0 Å². The second kappa shape index (κ2) is 8.16. The van der Waals surface area contributed by atoms with E-state index in [1.165, 1.54) is 0 Å². The van der Waals surface area contributed by atoms with E-state index in [9.17, 15) is 14.4 Å². The molecule has 30 heavy (non-hydrogen) atoms. The van der Waals surface area contributed by atoms with Crippen molar-refractivity contribution < 1.29 is 14.4 Å². The van der Waals surface area contributed by atoms with Gasteiger partial charge in [0.05, 0.1) is 24.0 Å². The first-order chi connectivity index (χ1) is 14.4. The lowest BCUT2D eigenvalue weighted by Gasteiger charge is -2.27. The van der Waals surface area contributed by atoms with Crippen LogP contribution < -0.4 is 21.3 Å². The van der Waals surface area contributed by atoms with E-state index in [-0.39, 0.29) is 30.3 Å². The summed E-state index contributed by atoms with van der Waals surface area (Å²) >= 11 is 0. The van der Waals surface area contributed by atoms with Gasteiger partial charge in [0, 0.05) is 24.8 Å². The molecule has 1 atom stereocenters.